The smallest absolute Gasteiger partial charge is 0.119 e. The molecule has 1 aromatic rings. The molecular weight excluding hydrogens is 174 g/mol. The molecule has 1 fully saturated rings. The van der Waals surface area contributed by atoms with Crippen LogP contribution in [0.5, 0.6) is 5.75 Å². The highest BCUT2D eigenvalue weighted by Crippen LogP contribution is 2.59. The lowest BCUT2D eigenvalue weighted by atomic mass is 9.96. The summed E-state index contributed by atoms with van der Waals surface area (Å²) in [6.45, 7) is 3.44. The summed E-state index contributed by atoms with van der Waals surface area (Å²) in [5, 5.41) is 3.48. The maximum atomic E-state index is 5.27. The number of anilines is 1. The van der Waals surface area contributed by atoms with Crippen molar-refractivity contribution in [2.45, 2.75) is 18.8 Å². The van der Waals surface area contributed by atoms with Gasteiger partial charge in [0, 0.05) is 17.6 Å². The first-order valence-electron chi connectivity index (χ1n) is 5.19. The van der Waals surface area contributed by atoms with Crippen LogP contribution in [0.25, 0.3) is 0 Å². The largest absolute Gasteiger partial charge is 0.497 e. The van der Waals surface area contributed by atoms with Crippen LogP contribution in [0.4, 0.5) is 5.69 Å². The molecular formula is C12H15NO. The monoisotopic (exact) mass is 189 g/mol. The Labute approximate surface area is 84.3 Å². The van der Waals surface area contributed by atoms with Crippen LogP contribution < -0.4 is 10.1 Å². The highest BCUT2D eigenvalue weighted by molar-refractivity contribution is 5.65. The second-order valence-corrected chi connectivity index (χ2v) is 4.53. The average Bonchev–Trinajstić information content (AvgIpc) is 2.71. The predicted molar refractivity (Wildman–Crippen MR) is 56.9 cm³/mol. The zero-order chi connectivity index (χ0) is 9.76. The zero-order valence-corrected chi connectivity index (χ0v) is 8.63. The fraction of sp³-hybridized carbons (Fsp3) is 0.500. The van der Waals surface area contributed by atoms with Gasteiger partial charge in [0.05, 0.1) is 7.11 Å². The first kappa shape index (κ1) is 8.16. The molecule has 1 N–H and O–H groups in total. The van der Waals surface area contributed by atoms with Gasteiger partial charge < -0.3 is 10.1 Å². The Balaban J connectivity index is 2.09. The molecule has 0 saturated heterocycles. The first-order valence-corrected chi connectivity index (χ1v) is 5.19. The van der Waals surface area contributed by atoms with Gasteiger partial charge in [-0.15, -0.1) is 0 Å². The molecule has 1 aliphatic heterocycles. The lowest BCUT2D eigenvalue weighted by Gasteiger charge is -2.09. The van der Waals surface area contributed by atoms with Crippen molar-refractivity contribution in [3.05, 3.63) is 23.8 Å². The van der Waals surface area contributed by atoms with E-state index in [2.05, 4.69) is 24.4 Å². The van der Waals surface area contributed by atoms with Crippen LogP contribution in [0, 0.1) is 5.92 Å². The van der Waals surface area contributed by atoms with Crippen molar-refractivity contribution in [1.29, 1.82) is 0 Å². The molecule has 0 bridgehead atoms. The molecule has 2 aliphatic rings. The summed E-state index contributed by atoms with van der Waals surface area (Å²) in [5.74, 6) is 1.80. The third-order valence-electron chi connectivity index (χ3n) is 3.81. The maximum Gasteiger partial charge on any atom is 0.119 e. The van der Waals surface area contributed by atoms with Gasteiger partial charge in [-0.1, -0.05) is 6.92 Å². The topological polar surface area (TPSA) is 21.3 Å². The molecule has 2 nitrogen and oxygen atoms in total. The van der Waals surface area contributed by atoms with E-state index < -0.39 is 0 Å². The second kappa shape index (κ2) is 2.44. The van der Waals surface area contributed by atoms with Crippen LogP contribution in [-0.2, 0) is 5.41 Å². The van der Waals surface area contributed by atoms with Crippen molar-refractivity contribution < 1.29 is 4.74 Å². The highest BCUT2D eigenvalue weighted by Gasteiger charge is 2.55. The minimum Gasteiger partial charge on any atom is -0.497 e. The summed E-state index contributed by atoms with van der Waals surface area (Å²) in [7, 11) is 1.73. The Bertz CT molecular complexity index is 388. The van der Waals surface area contributed by atoms with Gasteiger partial charge >= 0.3 is 0 Å². The normalized spacial score (nSPS) is 32.6. The molecule has 0 amide bonds. The number of hydrogen-bond donors (Lipinski definition) is 1. The van der Waals surface area contributed by atoms with E-state index in [1.807, 2.05) is 6.07 Å². The van der Waals surface area contributed by atoms with Gasteiger partial charge in [0.25, 0.3) is 0 Å². The van der Waals surface area contributed by atoms with Crippen LogP contribution in [0.2, 0.25) is 0 Å². The van der Waals surface area contributed by atoms with E-state index in [9.17, 15) is 0 Å². The van der Waals surface area contributed by atoms with Crippen molar-refractivity contribution in [2.75, 3.05) is 19.0 Å². The number of fused-ring (bicyclic) bond motifs is 2. The molecule has 1 heterocycles. The molecule has 3 rings (SSSR count). The molecule has 14 heavy (non-hydrogen) atoms. The van der Waals surface area contributed by atoms with Crippen LogP contribution >= 0.6 is 0 Å². The third-order valence-corrected chi connectivity index (χ3v) is 3.81. The Morgan fingerprint density at radius 3 is 2.93 bits per heavy atom. The van der Waals surface area contributed by atoms with E-state index in [0.29, 0.717) is 5.41 Å². The zero-order valence-electron chi connectivity index (χ0n) is 8.63. The average molecular weight is 189 g/mol. The van der Waals surface area contributed by atoms with Crippen molar-refractivity contribution in [2.24, 2.45) is 5.92 Å². The van der Waals surface area contributed by atoms with Crippen molar-refractivity contribution >= 4 is 5.69 Å². The van der Waals surface area contributed by atoms with Gasteiger partial charge in [-0.2, -0.15) is 0 Å². The SMILES string of the molecule is COc1ccc2c(c1)C1(CN2)CC1C. The summed E-state index contributed by atoms with van der Waals surface area (Å²) in [4.78, 5) is 0. The lowest BCUT2D eigenvalue weighted by molar-refractivity contribution is 0.414. The number of nitrogens with one attached hydrogen (secondary N) is 1. The van der Waals surface area contributed by atoms with Crippen LogP contribution in [0.3, 0.4) is 0 Å². The van der Waals surface area contributed by atoms with Gasteiger partial charge in [-0.3, -0.25) is 0 Å². The molecule has 74 valence electrons. The van der Waals surface area contributed by atoms with E-state index >= 15 is 0 Å². The Kier molecular flexibility index (Phi) is 1.42. The summed E-state index contributed by atoms with van der Waals surface area (Å²) < 4.78 is 5.27. The van der Waals surface area contributed by atoms with Crippen molar-refractivity contribution in [3.63, 3.8) is 0 Å². The molecule has 2 atom stereocenters. The highest BCUT2D eigenvalue weighted by atomic mass is 16.5. The summed E-state index contributed by atoms with van der Waals surface area (Å²) in [5.41, 5.74) is 3.20. The van der Waals surface area contributed by atoms with Crippen molar-refractivity contribution in [3.8, 4) is 5.75 Å². The molecule has 2 heteroatoms. The van der Waals surface area contributed by atoms with Gasteiger partial charge in [0.2, 0.25) is 0 Å². The number of rotatable bonds is 1. The summed E-state index contributed by atoms with van der Waals surface area (Å²) in [6.07, 6.45) is 1.32. The van der Waals surface area contributed by atoms with Gasteiger partial charge in [-0.05, 0) is 36.1 Å². The Morgan fingerprint density at radius 1 is 1.50 bits per heavy atom. The fourth-order valence-corrected chi connectivity index (χ4v) is 2.67. The number of benzene rings is 1. The Hall–Kier alpha value is -1.18. The first-order chi connectivity index (χ1) is 6.76. The van der Waals surface area contributed by atoms with Crippen LogP contribution in [-0.4, -0.2) is 13.7 Å². The molecule has 1 saturated carbocycles. The Morgan fingerprint density at radius 2 is 2.29 bits per heavy atom. The van der Waals surface area contributed by atoms with E-state index in [4.69, 9.17) is 4.74 Å². The maximum absolute atomic E-state index is 5.27. The fourth-order valence-electron chi connectivity index (χ4n) is 2.67. The molecule has 1 spiro atoms. The second-order valence-electron chi connectivity index (χ2n) is 4.53. The lowest BCUT2D eigenvalue weighted by Crippen LogP contribution is -2.11. The van der Waals surface area contributed by atoms with Gasteiger partial charge in [0.15, 0.2) is 0 Å². The van der Waals surface area contributed by atoms with E-state index in [-0.39, 0.29) is 0 Å². The van der Waals surface area contributed by atoms with Crippen LogP contribution in [0.1, 0.15) is 18.9 Å². The molecule has 0 aromatic heterocycles. The summed E-state index contributed by atoms with van der Waals surface area (Å²) in [6, 6.07) is 6.35. The number of methoxy groups -OCH3 is 1. The van der Waals surface area contributed by atoms with E-state index in [1.165, 1.54) is 17.7 Å². The van der Waals surface area contributed by atoms with Crippen molar-refractivity contribution in [1.82, 2.24) is 0 Å². The number of hydrogen-bond acceptors (Lipinski definition) is 2. The van der Waals surface area contributed by atoms with E-state index in [1.54, 1.807) is 7.11 Å². The molecule has 1 aliphatic carbocycles. The molecule has 1 aromatic carbocycles. The molecule has 2 unspecified atom stereocenters. The summed E-state index contributed by atoms with van der Waals surface area (Å²) >= 11 is 0. The van der Waals surface area contributed by atoms with Gasteiger partial charge in [0.1, 0.15) is 5.75 Å². The number of ether oxygens (including phenoxy) is 1. The minimum atomic E-state index is 0.434. The quantitative estimate of drug-likeness (QED) is 0.732. The molecule has 0 radical (unpaired) electrons. The standard InChI is InChI=1S/C12H15NO/c1-8-6-12(8)7-13-11-4-3-9(14-2)5-10(11)12/h3-5,8,13H,6-7H2,1-2H3. The third kappa shape index (κ3) is 0.861. The predicted octanol–water partition coefficient (Wildman–Crippen LogP) is 2.40. The van der Waals surface area contributed by atoms with E-state index in [0.717, 1.165) is 18.2 Å². The minimum absolute atomic E-state index is 0.434. The van der Waals surface area contributed by atoms with Crippen LogP contribution in [0.15, 0.2) is 18.2 Å². The van der Waals surface area contributed by atoms with Gasteiger partial charge in [-0.25, -0.2) is 0 Å².